The van der Waals surface area contributed by atoms with Crippen molar-refractivity contribution in [2.45, 2.75) is 26.2 Å². The van der Waals surface area contributed by atoms with Crippen molar-refractivity contribution in [1.82, 2.24) is 5.16 Å². The second-order valence-electron chi connectivity index (χ2n) is 3.95. The van der Waals surface area contributed by atoms with Crippen LogP contribution >= 0.6 is 0 Å². The average molecular weight is 199 g/mol. The van der Waals surface area contributed by atoms with Gasteiger partial charge in [0.05, 0.1) is 5.69 Å². The van der Waals surface area contributed by atoms with E-state index in [1.807, 2.05) is 0 Å². The number of aryl methyl sites for hydroxylation is 2. The maximum atomic E-state index is 5.45. The van der Waals surface area contributed by atoms with Gasteiger partial charge in [-0.25, -0.2) is 0 Å². The molecular formula is C13H13NO. The summed E-state index contributed by atoms with van der Waals surface area (Å²) in [5.41, 5.74) is 5.05. The van der Waals surface area contributed by atoms with E-state index in [2.05, 4.69) is 36.3 Å². The molecule has 2 aromatic rings. The zero-order valence-electron chi connectivity index (χ0n) is 8.79. The van der Waals surface area contributed by atoms with Crippen molar-refractivity contribution < 1.29 is 4.52 Å². The Balaban J connectivity index is 2.22. The zero-order valence-corrected chi connectivity index (χ0v) is 8.79. The summed E-state index contributed by atoms with van der Waals surface area (Å²) in [5, 5.41) is 4.14. The van der Waals surface area contributed by atoms with Crippen LogP contribution in [0.1, 0.15) is 23.7 Å². The second kappa shape index (κ2) is 3.23. The fourth-order valence-electron chi connectivity index (χ4n) is 2.31. The molecule has 0 radical (unpaired) electrons. The molecule has 0 saturated carbocycles. The van der Waals surface area contributed by atoms with E-state index >= 15 is 0 Å². The number of rotatable bonds is 1. The molecule has 1 heterocycles. The fraction of sp³-hybridized carbons (Fsp3) is 0.308. The van der Waals surface area contributed by atoms with E-state index in [-0.39, 0.29) is 0 Å². The predicted octanol–water partition coefficient (Wildman–Crippen LogP) is 3.00. The van der Waals surface area contributed by atoms with Crippen LogP contribution in [0, 0.1) is 0 Å². The lowest BCUT2D eigenvalue weighted by molar-refractivity contribution is 0.423. The average Bonchev–Trinajstić information content (AvgIpc) is 2.72. The summed E-state index contributed by atoms with van der Waals surface area (Å²) in [5.74, 6) is 0.994. The predicted molar refractivity (Wildman–Crippen MR) is 58.7 cm³/mol. The van der Waals surface area contributed by atoms with Gasteiger partial charge in [0.25, 0.3) is 0 Å². The number of nitrogens with zero attached hydrogens (tertiary/aromatic N) is 1. The third-order valence-electron chi connectivity index (χ3n) is 3.11. The summed E-state index contributed by atoms with van der Waals surface area (Å²) in [4.78, 5) is 0. The molecule has 0 bridgehead atoms. The van der Waals surface area contributed by atoms with E-state index in [0.717, 1.165) is 30.7 Å². The Hall–Kier alpha value is -1.57. The van der Waals surface area contributed by atoms with Crippen LogP contribution in [0.5, 0.6) is 0 Å². The smallest absolute Gasteiger partial charge is 0.170 e. The fourth-order valence-corrected chi connectivity index (χ4v) is 2.31. The van der Waals surface area contributed by atoms with Crippen LogP contribution in [0.4, 0.5) is 0 Å². The molecule has 0 atom stereocenters. The summed E-state index contributed by atoms with van der Waals surface area (Å²) in [6, 6.07) is 8.44. The topological polar surface area (TPSA) is 26.0 Å². The Labute approximate surface area is 88.9 Å². The molecule has 0 amide bonds. The van der Waals surface area contributed by atoms with E-state index in [1.54, 1.807) is 0 Å². The summed E-state index contributed by atoms with van der Waals surface area (Å²) in [6.45, 7) is 2.12. The van der Waals surface area contributed by atoms with E-state index in [0.29, 0.717) is 0 Å². The molecule has 1 aromatic carbocycles. The first-order chi connectivity index (χ1) is 7.40. The number of benzene rings is 1. The van der Waals surface area contributed by atoms with Crippen LogP contribution in [0.15, 0.2) is 28.8 Å². The van der Waals surface area contributed by atoms with Crippen molar-refractivity contribution in [3.63, 3.8) is 0 Å². The molecule has 2 nitrogen and oxygen atoms in total. The van der Waals surface area contributed by atoms with E-state index in [9.17, 15) is 0 Å². The van der Waals surface area contributed by atoms with Gasteiger partial charge in [-0.15, -0.1) is 0 Å². The lowest BCUT2D eigenvalue weighted by atomic mass is 9.89. The monoisotopic (exact) mass is 199 g/mol. The van der Waals surface area contributed by atoms with Crippen LogP contribution in [0.3, 0.4) is 0 Å². The molecule has 0 aliphatic heterocycles. The molecule has 76 valence electrons. The van der Waals surface area contributed by atoms with Gasteiger partial charge in [0.2, 0.25) is 0 Å². The van der Waals surface area contributed by atoms with Crippen LogP contribution in [0.25, 0.3) is 11.3 Å². The maximum absolute atomic E-state index is 5.45. The number of hydrogen-bond donors (Lipinski definition) is 0. The van der Waals surface area contributed by atoms with E-state index in [1.165, 1.54) is 16.7 Å². The van der Waals surface area contributed by atoms with E-state index in [4.69, 9.17) is 4.52 Å². The molecule has 1 aliphatic rings. The second-order valence-corrected chi connectivity index (χ2v) is 3.95. The van der Waals surface area contributed by atoms with Crippen molar-refractivity contribution in [3.05, 3.63) is 41.1 Å². The minimum absolute atomic E-state index is 0.959. The Kier molecular flexibility index (Phi) is 1.88. The van der Waals surface area contributed by atoms with Gasteiger partial charge < -0.3 is 4.52 Å². The molecule has 0 N–H and O–H groups in total. The number of aromatic nitrogens is 1. The zero-order chi connectivity index (χ0) is 10.3. The summed E-state index contributed by atoms with van der Waals surface area (Å²) in [6.07, 6.45) is 3.14. The Bertz CT molecular complexity index is 499. The Morgan fingerprint density at radius 3 is 3.00 bits per heavy atom. The highest BCUT2D eigenvalue weighted by molar-refractivity contribution is 5.68. The standard InChI is InChI=1S/C13H13NO/c1-2-12-11-8-7-9-5-3-4-6-10(9)13(11)15-14-12/h3-6H,2,7-8H2,1H3. The van der Waals surface area contributed by atoms with Crippen molar-refractivity contribution in [2.75, 3.05) is 0 Å². The van der Waals surface area contributed by atoms with Gasteiger partial charge in [0.15, 0.2) is 5.76 Å². The lowest BCUT2D eigenvalue weighted by Gasteiger charge is -2.13. The molecular weight excluding hydrogens is 186 g/mol. The normalized spacial score (nSPS) is 13.4. The maximum Gasteiger partial charge on any atom is 0.170 e. The third-order valence-corrected chi connectivity index (χ3v) is 3.11. The molecule has 0 unspecified atom stereocenters. The van der Waals surface area contributed by atoms with Gasteiger partial charge >= 0.3 is 0 Å². The molecule has 0 spiro atoms. The molecule has 0 fully saturated rings. The first kappa shape index (κ1) is 8.72. The minimum Gasteiger partial charge on any atom is -0.356 e. The van der Waals surface area contributed by atoms with Gasteiger partial charge in [0, 0.05) is 11.1 Å². The first-order valence-electron chi connectivity index (χ1n) is 5.46. The van der Waals surface area contributed by atoms with Crippen molar-refractivity contribution in [2.24, 2.45) is 0 Å². The van der Waals surface area contributed by atoms with Gasteiger partial charge in [0.1, 0.15) is 0 Å². The van der Waals surface area contributed by atoms with Crippen LogP contribution in [-0.2, 0) is 19.3 Å². The molecule has 1 aliphatic carbocycles. The van der Waals surface area contributed by atoms with Crippen molar-refractivity contribution in [1.29, 1.82) is 0 Å². The quantitative estimate of drug-likeness (QED) is 0.705. The summed E-state index contributed by atoms with van der Waals surface area (Å²) >= 11 is 0. The highest BCUT2D eigenvalue weighted by Crippen LogP contribution is 2.34. The first-order valence-corrected chi connectivity index (χ1v) is 5.46. The molecule has 2 heteroatoms. The molecule has 15 heavy (non-hydrogen) atoms. The van der Waals surface area contributed by atoms with Gasteiger partial charge in [-0.3, -0.25) is 0 Å². The van der Waals surface area contributed by atoms with Crippen LogP contribution in [0.2, 0.25) is 0 Å². The minimum atomic E-state index is 0.959. The van der Waals surface area contributed by atoms with Crippen LogP contribution in [-0.4, -0.2) is 5.16 Å². The summed E-state index contributed by atoms with van der Waals surface area (Å²) < 4.78 is 5.45. The van der Waals surface area contributed by atoms with Gasteiger partial charge in [-0.1, -0.05) is 36.3 Å². The van der Waals surface area contributed by atoms with Gasteiger partial charge in [-0.05, 0) is 24.8 Å². The Morgan fingerprint density at radius 1 is 1.27 bits per heavy atom. The SMILES string of the molecule is CCc1noc2c1CCc1ccccc1-2. The van der Waals surface area contributed by atoms with E-state index < -0.39 is 0 Å². The molecule has 0 saturated heterocycles. The van der Waals surface area contributed by atoms with Crippen molar-refractivity contribution >= 4 is 0 Å². The highest BCUT2D eigenvalue weighted by Gasteiger charge is 2.22. The lowest BCUT2D eigenvalue weighted by Crippen LogP contribution is -2.03. The Morgan fingerprint density at radius 2 is 2.13 bits per heavy atom. The van der Waals surface area contributed by atoms with Gasteiger partial charge in [-0.2, -0.15) is 0 Å². The number of fused-ring (bicyclic) bond motifs is 3. The largest absolute Gasteiger partial charge is 0.356 e. The number of hydrogen-bond acceptors (Lipinski definition) is 2. The molecule has 1 aromatic heterocycles. The van der Waals surface area contributed by atoms with Crippen LogP contribution < -0.4 is 0 Å². The summed E-state index contributed by atoms with van der Waals surface area (Å²) in [7, 11) is 0. The molecule has 3 rings (SSSR count). The highest BCUT2D eigenvalue weighted by atomic mass is 16.5. The van der Waals surface area contributed by atoms with Crippen molar-refractivity contribution in [3.8, 4) is 11.3 Å². The third kappa shape index (κ3) is 1.21.